The van der Waals surface area contributed by atoms with Crippen LogP contribution in [0.3, 0.4) is 0 Å². The molecule has 3 aromatic rings. The standard InChI is InChI=1S/C20H18N2O6/c1-3-28-20(26)17-16(14-10-11(27-2)8-9-15(14)21-17)22-18(23)12-6-4-5-7-13(12)19(24)25/h4-10,21H,3H2,1-2H3,(H,22,23)(H,24,25)/p-1. The van der Waals surface area contributed by atoms with Gasteiger partial charge in [0, 0.05) is 22.0 Å². The largest absolute Gasteiger partial charge is 0.545 e. The van der Waals surface area contributed by atoms with Crippen LogP contribution < -0.4 is 15.2 Å². The van der Waals surface area contributed by atoms with Gasteiger partial charge in [0.15, 0.2) is 0 Å². The molecule has 3 rings (SSSR count). The van der Waals surface area contributed by atoms with E-state index in [1.807, 2.05) is 0 Å². The lowest BCUT2D eigenvalue weighted by atomic mass is 10.1. The molecule has 144 valence electrons. The summed E-state index contributed by atoms with van der Waals surface area (Å²) in [7, 11) is 1.49. The summed E-state index contributed by atoms with van der Waals surface area (Å²) in [5, 5.41) is 14.4. The molecule has 0 aliphatic carbocycles. The summed E-state index contributed by atoms with van der Waals surface area (Å²) in [5.74, 6) is -2.31. The Morgan fingerprint density at radius 2 is 1.82 bits per heavy atom. The van der Waals surface area contributed by atoms with E-state index in [9.17, 15) is 19.5 Å². The molecule has 8 heteroatoms. The van der Waals surface area contributed by atoms with Crippen LogP contribution in [0.15, 0.2) is 42.5 Å². The number of aromatic amines is 1. The van der Waals surface area contributed by atoms with E-state index < -0.39 is 17.8 Å². The van der Waals surface area contributed by atoms with E-state index in [0.717, 1.165) is 0 Å². The van der Waals surface area contributed by atoms with Crippen LogP contribution >= 0.6 is 0 Å². The molecule has 0 aliphatic rings. The van der Waals surface area contributed by atoms with Crippen molar-refractivity contribution < 1.29 is 29.0 Å². The lowest BCUT2D eigenvalue weighted by Crippen LogP contribution is -2.26. The average Bonchev–Trinajstić information content (AvgIpc) is 3.05. The molecule has 1 heterocycles. The summed E-state index contributed by atoms with van der Waals surface area (Å²) >= 11 is 0. The van der Waals surface area contributed by atoms with E-state index in [1.165, 1.54) is 31.4 Å². The number of benzene rings is 2. The predicted molar refractivity (Wildman–Crippen MR) is 99.5 cm³/mol. The van der Waals surface area contributed by atoms with Gasteiger partial charge in [0.1, 0.15) is 11.4 Å². The highest BCUT2D eigenvalue weighted by Crippen LogP contribution is 2.32. The first-order chi connectivity index (χ1) is 13.5. The minimum Gasteiger partial charge on any atom is -0.545 e. The van der Waals surface area contributed by atoms with E-state index in [2.05, 4.69) is 10.3 Å². The molecule has 8 nitrogen and oxygen atoms in total. The second-order valence-electron chi connectivity index (χ2n) is 5.79. The number of fused-ring (bicyclic) bond motifs is 1. The van der Waals surface area contributed by atoms with Crippen LogP contribution in [0.4, 0.5) is 5.69 Å². The Bertz CT molecular complexity index is 1070. The van der Waals surface area contributed by atoms with Crippen LogP contribution in [0.25, 0.3) is 10.9 Å². The number of ether oxygens (including phenoxy) is 2. The molecule has 0 aliphatic heterocycles. The molecule has 0 fully saturated rings. The number of carbonyl (C=O) groups is 3. The van der Waals surface area contributed by atoms with E-state index in [0.29, 0.717) is 16.7 Å². The smallest absolute Gasteiger partial charge is 0.356 e. The molecule has 0 saturated carbocycles. The van der Waals surface area contributed by atoms with E-state index in [-0.39, 0.29) is 29.1 Å². The molecular weight excluding hydrogens is 364 g/mol. The Labute approximate surface area is 160 Å². The molecule has 1 aromatic heterocycles. The van der Waals surface area contributed by atoms with Crippen LogP contribution in [0.5, 0.6) is 5.75 Å². The van der Waals surface area contributed by atoms with Crippen LogP contribution in [-0.4, -0.2) is 36.5 Å². The first kappa shape index (κ1) is 19.0. The van der Waals surface area contributed by atoms with Gasteiger partial charge in [-0.25, -0.2) is 4.79 Å². The average molecular weight is 381 g/mol. The van der Waals surface area contributed by atoms with Crippen molar-refractivity contribution >= 4 is 34.4 Å². The molecule has 28 heavy (non-hydrogen) atoms. The van der Waals surface area contributed by atoms with Gasteiger partial charge in [-0.05, 0) is 31.2 Å². The number of aromatic nitrogens is 1. The summed E-state index contributed by atoms with van der Waals surface area (Å²) in [6.45, 7) is 1.82. The molecule has 1 amide bonds. The van der Waals surface area contributed by atoms with Gasteiger partial charge in [0.05, 0.1) is 25.4 Å². The quantitative estimate of drug-likeness (QED) is 0.630. The third kappa shape index (κ3) is 3.52. The minimum atomic E-state index is -1.48. The molecule has 2 N–H and O–H groups in total. The van der Waals surface area contributed by atoms with Gasteiger partial charge >= 0.3 is 5.97 Å². The number of nitrogens with one attached hydrogen (secondary N) is 2. The Kier molecular flexibility index (Phi) is 5.30. The fraction of sp³-hybridized carbons (Fsp3) is 0.150. The maximum Gasteiger partial charge on any atom is 0.356 e. The number of esters is 1. The first-order valence-corrected chi connectivity index (χ1v) is 8.44. The monoisotopic (exact) mass is 381 g/mol. The summed E-state index contributed by atoms with van der Waals surface area (Å²) in [5.41, 5.74) is 0.451. The molecule has 0 unspecified atom stereocenters. The number of carboxylic acid groups (broad SMARTS) is 1. The van der Waals surface area contributed by atoms with Gasteiger partial charge in [0.25, 0.3) is 5.91 Å². The van der Waals surface area contributed by atoms with Crippen LogP contribution in [0, 0.1) is 0 Å². The van der Waals surface area contributed by atoms with Crippen LogP contribution in [-0.2, 0) is 4.74 Å². The Hall–Kier alpha value is -3.81. The number of methoxy groups -OCH3 is 1. The van der Waals surface area contributed by atoms with Crippen molar-refractivity contribution in [3.05, 3.63) is 59.3 Å². The van der Waals surface area contributed by atoms with E-state index >= 15 is 0 Å². The number of hydrogen-bond donors (Lipinski definition) is 2. The molecule has 0 spiro atoms. The number of carbonyl (C=O) groups excluding carboxylic acids is 3. The minimum absolute atomic E-state index is 0.0457. The Morgan fingerprint density at radius 3 is 2.46 bits per heavy atom. The highest BCUT2D eigenvalue weighted by atomic mass is 16.5. The predicted octanol–water partition coefficient (Wildman–Crippen LogP) is 1.97. The van der Waals surface area contributed by atoms with Crippen molar-refractivity contribution in [3.8, 4) is 5.75 Å². The van der Waals surface area contributed by atoms with Gasteiger partial charge in [-0.2, -0.15) is 0 Å². The van der Waals surface area contributed by atoms with Crippen molar-refractivity contribution in [1.29, 1.82) is 0 Å². The molecule has 0 atom stereocenters. The zero-order valence-corrected chi connectivity index (χ0v) is 15.2. The van der Waals surface area contributed by atoms with Gasteiger partial charge in [0.2, 0.25) is 0 Å². The molecular formula is C20H17N2O6-. The van der Waals surface area contributed by atoms with Crippen LogP contribution in [0.1, 0.15) is 38.1 Å². The Balaban J connectivity index is 2.10. The number of H-pyrrole nitrogens is 1. The highest BCUT2D eigenvalue weighted by molar-refractivity contribution is 6.16. The van der Waals surface area contributed by atoms with Gasteiger partial charge in [-0.3, -0.25) is 4.79 Å². The molecule has 0 bridgehead atoms. The SMILES string of the molecule is CCOC(=O)c1[nH]c2ccc(OC)cc2c1NC(=O)c1ccccc1C(=O)[O-]. The number of rotatable bonds is 6. The third-order valence-electron chi connectivity index (χ3n) is 4.12. The topological polar surface area (TPSA) is 121 Å². The van der Waals surface area contributed by atoms with Crippen molar-refractivity contribution in [1.82, 2.24) is 4.98 Å². The maximum absolute atomic E-state index is 12.8. The van der Waals surface area contributed by atoms with E-state index in [1.54, 1.807) is 25.1 Å². The third-order valence-corrected chi connectivity index (χ3v) is 4.12. The normalized spacial score (nSPS) is 10.5. The zero-order chi connectivity index (χ0) is 20.3. The second kappa shape index (κ2) is 7.83. The number of carboxylic acids is 1. The molecule has 2 aromatic carbocycles. The summed E-state index contributed by atoms with van der Waals surface area (Å²) in [4.78, 5) is 39.3. The highest BCUT2D eigenvalue weighted by Gasteiger charge is 2.22. The number of amides is 1. The van der Waals surface area contributed by atoms with Crippen molar-refractivity contribution in [2.24, 2.45) is 0 Å². The van der Waals surface area contributed by atoms with E-state index in [4.69, 9.17) is 9.47 Å². The Morgan fingerprint density at radius 1 is 1.11 bits per heavy atom. The summed E-state index contributed by atoms with van der Waals surface area (Å²) in [6, 6.07) is 10.7. The fourth-order valence-electron chi connectivity index (χ4n) is 2.82. The van der Waals surface area contributed by atoms with Gasteiger partial charge in [-0.15, -0.1) is 0 Å². The first-order valence-electron chi connectivity index (χ1n) is 8.44. The molecule has 0 saturated heterocycles. The number of hydrogen-bond acceptors (Lipinski definition) is 6. The lowest BCUT2D eigenvalue weighted by molar-refractivity contribution is -0.255. The summed E-state index contributed by atoms with van der Waals surface area (Å²) < 4.78 is 10.3. The van der Waals surface area contributed by atoms with Crippen molar-refractivity contribution in [3.63, 3.8) is 0 Å². The number of anilines is 1. The fourth-order valence-corrected chi connectivity index (χ4v) is 2.82. The second-order valence-corrected chi connectivity index (χ2v) is 5.79. The summed E-state index contributed by atoms with van der Waals surface area (Å²) in [6.07, 6.45) is 0. The lowest BCUT2D eigenvalue weighted by Gasteiger charge is -2.11. The number of aromatic carboxylic acids is 1. The van der Waals surface area contributed by atoms with Crippen molar-refractivity contribution in [2.75, 3.05) is 19.0 Å². The van der Waals surface area contributed by atoms with Crippen molar-refractivity contribution in [2.45, 2.75) is 6.92 Å². The maximum atomic E-state index is 12.8. The zero-order valence-electron chi connectivity index (χ0n) is 15.2. The van der Waals surface area contributed by atoms with Gasteiger partial charge < -0.3 is 29.7 Å². The van der Waals surface area contributed by atoms with Crippen LogP contribution in [0.2, 0.25) is 0 Å². The molecule has 0 radical (unpaired) electrons. The van der Waals surface area contributed by atoms with Gasteiger partial charge in [-0.1, -0.05) is 18.2 Å².